The van der Waals surface area contributed by atoms with Gasteiger partial charge in [-0.05, 0) is 6.07 Å². The van der Waals surface area contributed by atoms with Crippen molar-refractivity contribution in [2.45, 2.75) is 9.17 Å². The molecule has 1 aromatic rings. The highest BCUT2D eigenvalue weighted by Gasteiger charge is 2.31. The molecule has 15 heavy (non-hydrogen) atoms. The van der Waals surface area contributed by atoms with Crippen molar-refractivity contribution in [1.29, 1.82) is 0 Å². The SMILES string of the molecule is FC(Cl)(Cl)c1ccc(C(F)(Cl)Cl)c(Cl)c1. The maximum absolute atomic E-state index is 13.1. The van der Waals surface area contributed by atoms with E-state index in [0.717, 1.165) is 18.2 Å². The number of hydrogen-bond acceptors (Lipinski definition) is 0. The Morgan fingerprint density at radius 2 is 1.47 bits per heavy atom. The summed E-state index contributed by atoms with van der Waals surface area (Å²) in [6.45, 7) is 0. The van der Waals surface area contributed by atoms with Crippen LogP contribution < -0.4 is 0 Å². The van der Waals surface area contributed by atoms with E-state index in [1.165, 1.54) is 0 Å². The minimum absolute atomic E-state index is 0.128. The van der Waals surface area contributed by atoms with Crippen LogP contribution in [0.2, 0.25) is 5.02 Å². The lowest BCUT2D eigenvalue weighted by atomic mass is 10.1. The summed E-state index contributed by atoms with van der Waals surface area (Å²) < 4.78 is 20.9. The molecule has 0 atom stereocenters. The fourth-order valence-electron chi connectivity index (χ4n) is 0.921. The van der Waals surface area contributed by atoms with Gasteiger partial charge in [-0.3, -0.25) is 0 Å². The first-order valence-electron chi connectivity index (χ1n) is 3.56. The van der Waals surface area contributed by atoms with Gasteiger partial charge in [0.25, 0.3) is 9.17 Å². The highest BCUT2D eigenvalue weighted by atomic mass is 35.5. The third-order valence-electron chi connectivity index (χ3n) is 1.60. The number of alkyl halides is 6. The van der Waals surface area contributed by atoms with Gasteiger partial charge in [-0.1, -0.05) is 70.1 Å². The van der Waals surface area contributed by atoms with Crippen LogP contribution in [-0.2, 0) is 9.17 Å². The molecule has 1 aromatic carbocycles. The fourth-order valence-corrected chi connectivity index (χ4v) is 1.89. The van der Waals surface area contributed by atoms with Gasteiger partial charge in [-0.25, -0.2) is 8.78 Å². The average Bonchev–Trinajstić information content (AvgIpc) is 1.99. The molecule has 84 valence electrons. The van der Waals surface area contributed by atoms with E-state index in [1.807, 2.05) is 0 Å². The summed E-state index contributed by atoms with van der Waals surface area (Å²) in [4.78, 5) is 0. The van der Waals surface area contributed by atoms with E-state index in [1.54, 1.807) is 0 Å². The highest BCUT2D eigenvalue weighted by Crippen LogP contribution is 2.42. The Labute approximate surface area is 110 Å². The van der Waals surface area contributed by atoms with Crippen LogP contribution in [0.5, 0.6) is 0 Å². The predicted molar refractivity (Wildman–Crippen MR) is 60.4 cm³/mol. The molecular weight excluding hydrogens is 311 g/mol. The maximum atomic E-state index is 13.1. The molecule has 0 radical (unpaired) electrons. The van der Waals surface area contributed by atoms with Crippen LogP contribution >= 0.6 is 58.0 Å². The second-order valence-corrected chi connectivity index (χ2v) is 5.57. The number of hydrogen-bond donors (Lipinski definition) is 0. The highest BCUT2D eigenvalue weighted by molar-refractivity contribution is 6.48. The van der Waals surface area contributed by atoms with Crippen LogP contribution in [-0.4, -0.2) is 0 Å². The lowest BCUT2D eigenvalue weighted by Gasteiger charge is -2.15. The zero-order chi connectivity index (χ0) is 11.9. The van der Waals surface area contributed by atoms with Gasteiger partial charge in [0.05, 0.1) is 5.02 Å². The van der Waals surface area contributed by atoms with Gasteiger partial charge in [0.2, 0.25) is 0 Å². The molecule has 0 aliphatic heterocycles. The molecule has 0 saturated carbocycles. The molecule has 0 aliphatic carbocycles. The van der Waals surface area contributed by atoms with Gasteiger partial charge in [-0.15, -0.1) is 0 Å². The molecule has 0 N–H and O–H groups in total. The minimum Gasteiger partial charge on any atom is -0.203 e. The van der Waals surface area contributed by atoms with Crippen molar-refractivity contribution in [3.8, 4) is 0 Å². The summed E-state index contributed by atoms with van der Waals surface area (Å²) in [5.41, 5.74) is -0.328. The van der Waals surface area contributed by atoms with Gasteiger partial charge in [-0.2, -0.15) is 0 Å². The van der Waals surface area contributed by atoms with Crippen molar-refractivity contribution in [3.63, 3.8) is 0 Å². The Hall–Kier alpha value is 0.530. The maximum Gasteiger partial charge on any atom is 0.284 e. The number of benzene rings is 1. The number of rotatable bonds is 2. The molecule has 7 heteroatoms. The summed E-state index contributed by atoms with van der Waals surface area (Å²) in [5, 5.41) is -0.164. The second kappa shape index (κ2) is 4.42. The number of halogens is 7. The van der Waals surface area contributed by atoms with Crippen LogP contribution in [0.1, 0.15) is 11.1 Å². The lowest BCUT2D eigenvalue weighted by molar-refractivity contribution is 0.399. The first-order chi connectivity index (χ1) is 6.62. The normalized spacial score (nSPS) is 13.0. The second-order valence-electron chi connectivity index (χ2n) is 2.69. The summed E-state index contributed by atoms with van der Waals surface area (Å²) in [6.07, 6.45) is 0. The van der Waals surface area contributed by atoms with Crippen molar-refractivity contribution in [1.82, 2.24) is 0 Å². The monoisotopic (exact) mass is 312 g/mol. The topological polar surface area (TPSA) is 0 Å². The average molecular weight is 314 g/mol. The van der Waals surface area contributed by atoms with E-state index < -0.39 is 9.17 Å². The molecule has 0 aromatic heterocycles. The minimum atomic E-state index is -2.65. The summed E-state index contributed by atoms with van der Waals surface area (Å²) >= 11 is 26.4. The Morgan fingerprint density at radius 3 is 1.80 bits per heavy atom. The molecule has 0 saturated heterocycles. The Kier molecular flexibility index (Phi) is 4.01. The summed E-state index contributed by atoms with van der Waals surface area (Å²) in [7, 11) is 0. The molecule has 0 unspecified atom stereocenters. The molecule has 0 amide bonds. The van der Waals surface area contributed by atoms with Gasteiger partial charge >= 0.3 is 0 Å². The quantitative estimate of drug-likeness (QED) is 0.636. The van der Waals surface area contributed by atoms with E-state index in [-0.39, 0.29) is 16.1 Å². The van der Waals surface area contributed by atoms with Crippen LogP contribution in [0.15, 0.2) is 18.2 Å². The molecule has 0 nitrogen and oxygen atoms in total. The van der Waals surface area contributed by atoms with E-state index >= 15 is 0 Å². The van der Waals surface area contributed by atoms with Gasteiger partial charge in [0.15, 0.2) is 0 Å². The Balaban J connectivity index is 3.21. The summed E-state index contributed by atoms with van der Waals surface area (Å²) in [5.74, 6) is 0. The third-order valence-corrected chi connectivity index (χ3v) is 2.76. The van der Waals surface area contributed by atoms with E-state index in [0.29, 0.717) is 0 Å². The van der Waals surface area contributed by atoms with Gasteiger partial charge in [0.1, 0.15) is 0 Å². The van der Waals surface area contributed by atoms with Crippen molar-refractivity contribution >= 4 is 58.0 Å². The third kappa shape index (κ3) is 3.50. The molecule has 0 heterocycles. The van der Waals surface area contributed by atoms with Crippen LogP contribution in [0, 0.1) is 0 Å². The Bertz CT molecular complexity index is 366. The summed E-state index contributed by atoms with van der Waals surface area (Å²) in [6, 6.07) is 3.30. The largest absolute Gasteiger partial charge is 0.284 e. The molecule has 0 spiro atoms. The van der Waals surface area contributed by atoms with Crippen molar-refractivity contribution < 1.29 is 8.78 Å². The first kappa shape index (κ1) is 13.6. The van der Waals surface area contributed by atoms with Crippen molar-refractivity contribution in [2.24, 2.45) is 0 Å². The zero-order valence-electron chi connectivity index (χ0n) is 6.88. The van der Waals surface area contributed by atoms with Crippen molar-refractivity contribution in [3.05, 3.63) is 34.3 Å². The Morgan fingerprint density at radius 1 is 0.933 bits per heavy atom. The fraction of sp³-hybridized carbons (Fsp3) is 0.250. The zero-order valence-corrected chi connectivity index (χ0v) is 10.7. The smallest absolute Gasteiger partial charge is 0.203 e. The molecule has 0 bridgehead atoms. The van der Waals surface area contributed by atoms with E-state index in [2.05, 4.69) is 0 Å². The van der Waals surface area contributed by atoms with Crippen LogP contribution in [0.4, 0.5) is 8.78 Å². The van der Waals surface area contributed by atoms with Crippen LogP contribution in [0.3, 0.4) is 0 Å². The molecule has 1 rings (SSSR count). The molecule has 0 aliphatic rings. The molecule has 0 fully saturated rings. The van der Waals surface area contributed by atoms with Crippen LogP contribution in [0.25, 0.3) is 0 Å². The van der Waals surface area contributed by atoms with E-state index in [4.69, 9.17) is 58.0 Å². The predicted octanol–water partition coefficient (Wildman–Crippen LogP) is 5.45. The lowest BCUT2D eigenvalue weighted by Crippen LogP contribution is -2.06. The molecular formula is C8H3Cl5F2. The van der Waals surface area contributed by atoms with Gasteiger partial charge in [0, 0.05) is 11.1 Å². The van der Waals surface area contributed by atoms with Crippen molar-refractivity contribution in [2.75, 3.05) is 0 Å². The first-order valence-corrected chi connectivity index (χ1v) is 5.45. The van der Waals surface area contributed by atoms with E-state index in [9.17, 15) is 8.78 Å². The standard InChI is InChI=1S/C8H3Cl5F2/c9-6-3-4(7(10,11)14)1-2-5(6)8(12,13)15/h1-3H. The van der Waals surface area contributed by atoms with Gasteiger partial charge < -0.3 is 0 Å².